The van der Waals surface area contributed by atoms with Gasteiger partial charge in [-0.25, -0.2) is 9.78 Å². The molecule has 0 saturated carbocycles. The van der Waals surface area contributed by atoms with Crippen molar-refractivity contribution in [2.24, 2.45) is 0 Å². The van der Waals surface area contributed by atoms with Crippen molar-refractivity contribution < 1.29 is 32.2 Å². The molecule has 1 N–H and O–H groups in total. The van der Waals surface area contributed by atoms with Crippen molar-refractivity contribution in [2.75, 3.05) is 18.7 Å². The summed E-state index contributed by atoms with van der Waals surface area (Å²) >= 11 is 0. The fourth-order valence-corrected chi connectivity index (χ4v) is 4.74. The average Bonchev–Trinajstić information content (AvgIpc) is 3.48. The number of nitrogens with one attached hydrogen (secondary N) is 1. The van der Waals surface area contributed by atoms with Crippen LogP contribution in [0.25, 0.3) is 33.5 Å². The predicted molar refractivity (Wildman–Crippen MR) is 153 cm³/mol. The van der Waals surface area contributed by atoms with Crippen molar-refractivity contribution in [3.8, 4) is 45.0 Å². The number of fused-ring (bicyclic) bond motifs is 1. The Kier molecular flexibility index (Phi) is 7.23. The van der Waals surface area contributed by atoms with Crippen LogP contribution in [-0.4, -0.2) is 30.5 Å². The first-order valence-electron chi connectivity index (χ1n) is 13.0. The number of halogens is 3. The molecule has 42 heavy (non-hydrogen) atoms. The molecule has 0 saturated heterocycles. The summed E-state index contributed by atoms with van der Waals surface area (Å²) in [6.45, 7) is -1.55. The van der Waals surface area contributed by atoms with Crippen LogP contribution in [0.3, 0.4) is 0 Å². The number of ether oxygens (including phenoxy) is 3. The molecule has 1 aliphatic rings. The lowest BCUT2D eigenvalue weighted by molar-refractivity contribution is -0.161. The third-order valence-electron chi connectivity index (χ3n) is 6.59. The van der Waals surface area contributed by atoms with E-state index in [-0.39, 0.29) is 18.0 Å². The summed E-state index contributed by atoms with van der Waals surface area (Å²) < 4.78 is 53.9. The first-order chi connectivity index (χ1) is 20.4. The van der Waals surface area contributed by atoms with Crippen molar-refractivity contribution in [2.45, 2.75) is 6.18 Å². The highest BCUT2D eigenvalue weighted by Crippen LogP contribution is 2.44. The molecule has 0 atom stereocenters. The summed E-state index contributed by atoms with van der Waals surface area (Å²) in [5, 5.41) is 3.15. The van der Waals surface area contributed by atoms with E-state index in [4.69, 9.17) is 14.5 Å². The van der Waals surface area contributed by atoms with E-state index in [1.54, 1.807) is 18.2 Å². The van der Waals surface area contributed by atoms with Crippen molar-refractivity contribution >= 4 is 17.5 Å². The van der Waals surface area contributed by atoms with E-state index in [9.17, 15) is 18.0 Å². The van der Waals surface area contributed by atoms with E-state index in [2.05, 4.69) is 10.1 Å². The van der Waals surface area contributed by atoms with E-state index in [1.165, 1.54) is 6.07 Å². The van der Waals surface area contributed by atoms with Gasteiger partial charge in [0.15, 0.2) is 18.1 Å². The van der Waals surface area contributed by atoms with Gasteiger partial charge < -0.3 is 19.5 Å². The standard InChI is InChI=1S/C33H23F3N2O4/c34-33(35,36)19-40-32(39)24-13-7-8-14-26(24)37-29-18-25(23-15-16-27-28(17-23)42-20-41-27)30(21-9-3-1-4-10-21)31(38-29)22-11-5-2-6-12-22/h1-18H,19-20H2,(H,37,38). The van der Waals surface area contributed by atoms with Crippen LogP contribution in [0.15, 0.2) is 109 Å². The molecule has 0 amide bonds. The minimum absolute atomic E-state index is 0.0541. The van der Waals surface area contributed by atoms with Crippen LogP contribution in [0.4, 0.5) is 24.7 Å². The Hall–Kier alpha value is -5.31. The zero-order valence-corrected chi connectivity index (χ0v) is 22.0. The maximum Gasteiger partial charge on any atom is 0.422 e. The molecule has 2 heterocycles. The number of rotatable bonds is 7. The monoisotopic (exact) mass is 568 g/mol. The second kappa shape index (κ2) is 11.3. The first-order valence-corrected chi connectivity index (χ1v) is 13.0. The maximum atomic E-state index is 12.7. The quantitative estimate of drug-likeness (QED) is 0.199. The lowest BCUT2D eigenvalue weighted by atomic mass is 9.90. The number of esters is 1. The molecule has 0 fully saturated rings. The minimum Gasteiger partial charge on any atom is -0.454 e. The first kappa shape index (κ1) is 26.9. The number of anilines is 2. The summed E-state index contributed by atoms with van der Waals surface area (Å²) in [5.41, 5.74) is 5.15. The van der Waals surface area contributed by atoms with Crippen molar-refractivity contribution in [1.82, 2.24) is 4.98 Å². The Morgan fingerprint density at radius 3 is 2.19 bits per heavy atom. The molecule has 0 aliphatic carbocycles. The van der Waals surface area contributed by atoms with Crippen LogP contribution in [0.5, 0.6) is 11.5 Å². The van der Waals surface area contributed by atoms with E-state index >= 15 is 0 Å². The second-order valence-electron chi connectivity index (χ2n) is 9.44. The second-order valence-corrected chi connectivity index (χ2v) is 9.44. The van der Waals surface area contributed by atoms with Crippen LogP contribution in [-0.2, 0) is 4.74 Å². The number of hydrogen-bond donors (Lipinski definition) is 1. The van der Waals surface area contributed by atoms with Gasteiger partial charge in [0.05, 0.1) is 16.9 Å². The highest BCUT2D eigenvalue weighted by Gasteiger charge is 2.30. The molecular formula is C33H23F3N2O4. The van der Waals surface area contributed by atoms with Gasteiger partial charge in [0.25, 0.3) is 0 Å². The molecule has 0 spiro atoms. The molecule has 210 valence electrons. The van der Waals surface area contributed by atoms with Crippen LogP contribution in [0.1, 0.15) is 10.4 Å². The summed E-state index contributed by atoms with van der Waals surface area (Å²) in [5.74, 6) is 0.520. The third-order valence-corrected chi connectivity index (χ3v) is 6.59. The molecule has 0 unspecified atom stereocenters. The average molecular weight is 569 g/mol. The molecule has 0 radical (unpaired) electrons. The Morgan fingerprint density at radius 2 is 1.45 bits per heavy atom. The third kappa shape index (κ3) is 5.76. The normalized spacial score (nSPS) is 12.2. The lowest BCUT2D eigenvalue weighted by Crippen LogP contribution is -2.20. The molecule has 6 nitrogen and oxygen atoms in total. The zero-order valence-electron chi connectivity index (χ0n) is 22.0. The summed E-state index contributed by atoms with van der Waals surface area (Å²) in [6, 6.07) is 33.2. The Labute approximate surface area is 239 Å². The van der Waals surface area contributed by atoms with E-state index in [0.29, 0.717) is 23.0 Å². The predicted octanol–water partition coefficient (Wildman–Crippen LogP) is 8.27. The smallest absolute Gasteiger partial charge is 0.422 e. The summed E-state index contributed by atoms with van der Waals surface area (Å²) in [6.07, 6.45) is -4.64. The van der Waals surface area contributed by atoms with Crippen molar-refractivity contribution in [1.29, 1.82) is 0 Å². The highest BCUT2D eigenvalue weighted by molar-refractivity contribution is 5.98. The Morgan fingerprint density at radius 1 is 0.786 bits per heavy atom. The number of benzene rings is 4. The SMILES string of the molecule is O=C(OCC(F)(F)F)c1ccccc1Nc1cc(-c2ccc3c(c2)OCO3)c(-c2ccccc2)c(-c2ccccc2)n1. The topological polar surface area (TPSA) is 69.7 Å². The van der Waals surface area contributed by atoms with Crippen LogP contribution in [0, 0.1) is 0 Å². The number of alkyl halides is 3. The molecule has 5 aromatic rings. The van der Waals surface area contributed by atoms with Crippen LogP contribution < -0.4 is 14.8 Å². The molecule has 9 heteroatoms. The van der Waals surface area contributed by atoms with Gasteiger partial charge in [-0.05, 0) is 47.0 Å². The van der Waals surface area contributed by atoms with Crippen molar-refractivity contribution in [3.63, 3.8) is 0 Å². The number of carbonyl (C=O) groups is 1. The number of carbonyl (C=O) groups excluding carboxylic acids is 1. The van der Waals surface area contributed by atoms with Crippen molar-refractivity contribution in [3.05, 3.63) is 115 Å². The van der Waals surface area contributed by atoms with E-state index < -0.39 is 18.8 Å². The Balaban J connectivity index is 1.51. The van der Waals surface area contributed by atoms with Gasteiger partial charge in [0, 0.05) is 11.1 Å². The molecule has 1 aromatic heterocycles. The zero-order chi connectivity index (χ0) is 29.1. The van der Waals surface area contributed by atoms with Gasteiger partial charge in [0.2, 0.25) is 6.79 Å². The minimum atomic E-state index is -4.64. The number of hydrogen-bond acceptors (Lipinski definition) is 6. The fourth-order valence-electron chi connectivity index (χ4n) is 4.74. The maximum absolute atomic E-state index is 12.7. The highest BCUT2D eigenvalue weighted by atomic mass is 19.4. The molecule has 1 aliphatic heterocycles. The lowest BCUT2D eigenvalue weighted by Gasteiger charge is -2.19. The van der Waals surface area contributed by atoms with Gasteiger partial charge in [0.1, 0.15) is 5.82 Å². The van der Waals surface area contributed by atoms with Gasteiger partial charge in [-0.2, -0.15) is 13.2 Å². The number of nitrogens with zero attached hydrogens (tertiary/aromatic N) is 1. The van der Waals surface area contributed by atoms with E-state index in [0.717, 1.165) is 27.8 Å². The van der Waals surface area contributed by atoms with Crippen LogP contribution in [0.2, 0.25) is 0 Å². The summed E-state index contributed by atoms with van der Waals surface area (Å²) in [4.78, 5) is 17.6. The van der Waals surface area contributed by atoms with Gasteiger partial charge in [-0.3, -0.25) is 0 Å². The van der Waals surface area contributed by atoms with Crippen LogP contribution >= 0.6 is 0 Å². The fraction of sp³-hybridized carbons (Fsp3) is 0.0909. The molecule has 6 rings (SSSR count). The van der Waals surface area contributed by atoms with Gasteiger partial charge >= 0.3 is 12.1 Å². The Bertz CT molecular complexity index is 1740. The van der Waals surface area contributed by atoms with Gasteiger partial charge in [-0.15, -0.1) is 0 Å². The molecule has 4 aromatic carbocycles. The number of aromatic nitrogens is 1. The number of para-hydroxylation sites is 1. The number of pyridine rings is 1. The molecule has 0 bridgehead atoms. The summed E-state index contributed by atoms with van der Waals surface area (Å²) in [7, 11) is 0. The van der Waals surface area contributed by atoms with Gasteiger partial charge in [-0.1, -0.05) is 78.9 Å². The largest absolute Gasteiger partial charge is 0.454 e. The molecular weight excluding hydrogens is 545 g/mol. The van der Waals surface area contributed by atoms with E-state index in [1.807, 2.05) is 84.9 Å².